The zero-order valence-corrected chi connectivity index (χ0v) is 17.2. The summed E-state index contributed by atoms with van der Waals surface area (Å²) in [4.78, 5) is 50.4. The molecule has 2 aromatic heterocycles. The molecule has 0 radical (unpaired) electrons. The molecule has 10 heteroatoms. The molecule has 0 saturated heterocycles. The van der Waals surface area contributed by atoms with Gasteiger partial charge in [0, 0.05) is 18.7 Å². The number of benzene rings is 1. The molecule has 3 aromatic rings. The summed E-state index contributed by atoms with van der Waals surface area (Å²) in [5.41, 5.74) is -0.200. The van der Waals surface area contributed by atoms with Gasteiger partial charge < -0.3 is 14.2 Å². The van der Waals surface area contributed by atoms with Gasteiger partial charge >= 0.3 is 17.6 Å². The van der Waals surface area contributed by atoms with Crippen LogP contribution in [0.25, 0.3) is 20.7 Å². The number of esters is 2. The maximum absolute atomic E-state index is 12.4. The van der Waals surface area contributed by atoms with E-state index in [2.05, 4.69) is 4.98 Å². The minimum absolute atomic E-state index is 0.149. The number of rotatable bonds is 8. The van der Waals surface area contributed by atoms with E-state index in [0.29, 0.717) is 10.2 Å². The molecule has 0 saturated carbocycles. The number of nitrogens with zero attached hydrogens (tertiary/aromatic N) is 1. The third kappa shape index (κ3) is 5.22. The van der Waals surface area contributed by atoms with E-state index in [1.54, 1.807) is 6.07 Å². The molecular formula is C20H20N2O7S. The number of hydrogen-bond acceptors (Lipinski definition) is 8. The number of carbonyl (C=O) groups is 2. The van der Waals surface area contributed by atoms with Crippen molar-refractivity contribution in [3.63, 3.8) is 0 Å². The van der Waals surface area contributed by atoms with Gasteiger partial charge in [-0.15, -0.1) is 11.3 Å². The fraction of sp³-hybridized carbons (Fsp3) is 0.300. The Morgan fingerprint density at radius 1 is 1.07 bits per heavy atom. The van der Waals surface area contributed by atoms with Crippen molar-refractivity contribution < 1.29 is 23.8 Å². The average Bonchev–Trinajstić information content (AvgIpc) is 3.15. The lowest BCUT2D eigenvalue weighted by atomic mass is 10.2. The summed E-state index contributed by atoms with van der Waals surface area (Å²) in [5, 5.41) is 0.360. The van der Waals surface area contributed by atoms with E-state index in [9.17, 15) is 19.2 Å². The Labute approximate surface area is 174 Å². The van der Waals surface area contributed by atoms with Crippen molar-refractivity contribution in [2.24, 2.45) is 0 Å². The Hall–Kier alpha value is -3.24. The van der Waals surface area contributed by atoms with Gasteiger partial charge in [0.05, 0.1) is 5.39 Å². The first-order valence-corrected chi connectivity index (χ1v) is 9.87. The first-order chi connectivity index (χ1) is 14.3. The van der Waals surface area contributed by atoms with Gasteiger partial charge in [-0.1, -0.05) is 30.3 Å². The topological polar surface area (TPSA) is 117 Å². The van der Waals surface area contributed by atoms with Crippen LogP contribution in [0.3, 0.4) is 0 Å². The van der Waals surface area contributed by atoms with Crippen LogP contribution in [0.15, 0.2) is 46.0 Å². The van der Waals surface area contributed by atoms with E-state index in [1.807, 2.05) is 30.3 Å². The van der Waals surface area contributed by atoms with Gasteiger partial charge in [0.15, 0.2) is 0 Å². The van der Waals surface area contributed by atoms with E-state index >= 15 is 0 Å². The number of fused-ring (bicyclic) bond motifs is 1. The van der Waals surface area contributed by atoms with Crippen LogP contribution in [-0.4, -0.2) is 40.8 Å². The van der Waals surface area contributed by atoms with E-state index in [1.165, 1.54) is 29.8 Å². The first-order valence-electron chi connectivity index (χ1n) is 9.05. The molecule has 0 fully saturated rings. The molecule has 0 spiro atoms. The number of nitrogens with one attached hydrogen (secondary N) is 1. The quantitative estimate of drug-likeness (QED) is 0.540. The number of H-pyrrole nitrogens is 1. The van der Waals surface area contributed by atoms with Gasteiger partial charge in [-0.05, 0) is 11.6 Å². The Balaban J connectivity index is 1.89. The lowest BCUT2D eigenvalue weighted by molar-refractivity contribution is -0.154. The number of ether oxygens (including phenoxy) is 3. The summed E-state index contributed by atoms with van der Waals surface area (Å²) in [6.07, 6.45) is -0.778. The zero-order chi connectivity index (χ0) is 21.7. The number of aromatic amines is 1. The largest absolute Gasteiger partial charge is 0.463 e. The molecule has 1 N–H and O–H groups in total. The number of aromatic nitrogens is 2. The van der Waals surface area contributed by atoms with Crippen molar-refractivity contribution >= 4 is 33.5 Å². The molecule has 0 aliphatic carbocycles. The van der Waals surface area contributed by atoms with Gasteiger partial charge in [-0.2, -0.15) is 0 Å². The van der Waals surface area contributed by atoms with Crippen molar-refractivity contribution in [1.82, 2.24) is 9.55 Å². The molecule has 0 aliphatic heterocycles. The van der Waals surface area contributed by atoms with Gasteiger partial charge in [-0.3, -0.25) is 23.9 Å². The third-order valence-corrected chi connectivity index (χ3v) is 5.32. The Kier molecular flexibility index (Phi) is 6.80. The van der Waals surface area contributed by atoms with Gasteiger partial charge in [0.2, 0.25) is 0 Å². The maximum atomic E-state index is 12.4. The Morgan fingerprint density at radius 3 is 2.30 bits per heavy atom. The van der Waals surface area contributed by atoms with E-state index in [0.717, 1.165) is 10.4 Å². The predicted octanol–water partition coefficient (Wildman–Crippen LogP) is 1.89. The van der Waals surface area contributed by atoms with Crippen LogP contribution in [-0.2, 0) is 30.5 Å². The number of carbonyl (C=O) groups excluding carboxylic acids is 2. The van der Waals surface area contributed by atoms with Crippen molar-refractivity contribution in [1.29, 1.82) is 0 Å². The van der Waals surface area contributed by atoms with E-state index in [4.69, 9.17) is 14.2 Å². The van der Waals surface area contributed by atoms with Crippen LogP contribution < -0.4 is 11.2 Å². The second-order valence-corrected chi connectivity index (χ2v) is 7.44. The second-order valence-electron chi connectivity index (χ2n) is 6.41. The summed E-state index contributed by atoms with van der Waals surface area (Å²) in [7, 11) is 0. The van der Waals surface area contributed by atoms with Crippen LogP contribution in [0.4, 0.5) is 0 Å². The fourth-order valence-electron chi connectivity index (χ4n) is 2.68. The average molecular weight is 432 g/mol. The van der Waals surface area contributed by atoms with Gasteiger partial charge in [0.1, 0.15) is 30.9 Å². The molecule has 2 heterocycles. The molecule has 0 aliphatic rings. The summed E-state index contributed by atoms with van der Waals surface area (Å²) >= 11 is 1.29. The molecule has 0 atom stereocenters. The highest BCUT2D eigenvalue weighted by Gasteiger charge is 2.17. The minimum atomic E-state index is -0.778. The first kappa shape index (κ1) is 21.5. The highest BCUT2D eigenvalue weighted by Crippen LogP contribution is 2.31. The molecule has 0 unspecified atom stereocenters. The van der Waals surface area contributed by atoms with Crippen LogP contribution in [0, 0.1) is 0 Å². The lowest BCUT2D eigenvalue weighted by Crippen LogP contribution is -2.34. The summed E-state index contributed by atoms with van der Waals surface area (Å²) in [6.45, 7) is 1.96. The SMILES string of the molecule is CC(=O)OCC(COC(C)=O)OCn1c(=O)[nH]c(=O)c2cc(-c3ccccc3)sc21. The van der Waals surface area contributed by atoms with Crippen molar-refractivity contribution in [2.45, 2.75) is 26.7 Å². The standard InChI is InChI=1S/C20H20N2O7S/c1-12(23)27-9-15(10-28-13(2)24)29-11-22-19-16(18(25)21-20(22)26)8-17(30-19)14-6-4-3-5-7-14/h3-8,15H,9-11H2,1-2H3,(H,21,25,26). The Bertz CT molecular complexity index is 1150. The zero-order valence-electron chi connectivity index (χ0n) is 16.4. The van der Waals surface area contributed by atoms with Crippen LogP contribution in [0.2, 0.25) is 0 Å². The maximum Gasteiger partial charge on any atom is 0.331 e. The van der Waals surface area contributed by atoms with Crippen LogP contribution >= 0.6 is 11.3 Å². The molecule has 30 heavy (non-hydrogen) atoms. The van der Waals surface area contributed by atoms with E-state index in [-0.39, 0.29) is 19.9 Å². The summed E-state index contributed by atoms with van der Waals surface area (Å²) < 4.78 is 16.8. The molecule has 0 bridgehead atoms. The third-order valence-electron chi connectivity index (χ3n) is 4.11. The molecule has 158 valence electrons. The van der Waals surface area contributed by atoms with Crippen molar-refractivity contribution in [3.05, 3.63) is 57.2 Å². The smallest absolute Gasteiger partial charge is 0.331 e. The number of hydrogen-bond donors (Lipinski definition) is 1. The fourth-order valence-corrected chi connectivity index (χ4v) is 3.82. The van der Waals surface area contributed by atoms with E-state index < -0.39 is 29.3 Å². The van der Waals surface area contributed by atoms with Crippen molar-refractivity contribution in [2.75, 3.05) is 13.2 Å². The minimum Gasteiger partial charge on any atom is -0.463 e. The molecular weight excluding hydrogens is 412 g/mol. The second kappa shape index (κ2) is 9.51. The summed E-state index contributed by atoms with van der Waals surface area (Å²) in [5.74, 6) is -1.03. The van der Waals surface area contributed by atoms with Crippen LogP contribution in [0.5, 0.6) is 0 Å². The molecule has 9 nitrogen and oxygen atoms in total. The van der Waals surface area contributed by atoms with Gasteiger partial charge in [0.25, 0.3) is 5.56 Å². The summed E-state index contributed by atoms with van der Waals surface area (Å²) in [6, 6.07) is 11.2. The monoisotopic (exact) mass is 432 g/mol. The lowest BCUT2D eigenvalue weighted by Gasteiger charge is -2.18. The number of thiophene rings is 1. The van der Waals surface area contributed by atoms with Crippen molar-refractivity contribution in [3.8, 4) is 10.4 Å². The predicted molar refractivity (Wildman–Crippen MR) is 110 cm³/mol. The highest BCUT2D eigenvalue weighted by molar-refractivity contribution is 7.21. The molecule has 0 amide bonds. The van der Waals surface area contributed by atoms with Crippen LogP contribution in [0.1, 0.15) is 13.8 Å². The van der Waals surface area contributed by atoms with Gasteiger partial charge in [-0.25, -0.2) is 4.79 Å². The normalized spacial score (nSPS) is 11.0. The molecule has 3 rings (SSSR count). The molecule has 1 aromatic carbocycles. The highest BCUT2D eigenvalue weighted by atomic mass is 32.1. The Morgan fingerprint density at radius 2 is 1.70 bits per heavy atom.